The number of benzene rings is 5. The van der Waals surface area contributed by atoms with Gasteiger partial charge in [-0.3, -0.25) is 0 Å². The van der Waals surface area contributed by atoms with Gasteiger partial charge in [0.1, 0.15) is 70.6 Å². The first kappa shape index (κ1) is 23.9. The van der Waals surface area contributed by atoms with Crippen molar-refractivity contribution in [3.05, 3.63) is 54.6 Å². The van der Waals surface area contributed by atoms with Crippen LogP contribution in [0, 0.1) is 0 Å². The minimum atomic E-state index is 0.139. The van der Waals surface area contributed by atoms with Crippen LogP contribution in [0.4, 0.5) is 0 Å². The van der Waals surface area contributed by atoms with E-state index in [1.165, 1.54) is 0 Å². The fraction of sp³-hybridized carbons (Fsp3) is 0. The minimum absolute atomic E-state index is 0.139. The number of hydrogen-bond acceptors (Lipinski definition) is 0. The highest BCUT2D eigenvalue weighted by molar-refractivity contribution is 6.73. The SMILES string of the molecule is [B]c1c([B])c([B])c2c(-c3cccc(-c4ccccc4)c3)c3c([B])c([B])c([B])c([B])c3c([B])c2c1[B]. The zero-order chi connectivity index (χ0) is 25.2. The lowest BCUT2D eigenvalue weighted by atomic mass is 9.58. The summed E-state index contributed by atoms with van der Waals surface area (Å²) in [5.74, 6) is 0. The van der Waals surface area contributed by atoms with Crippen molar-refractivity contribution >= 4 is 141 Å². The van der Waals surface area contributed by atoms with Gasteiger partial charge in [-0.25, -0.2) is 0 Å². The molecule has 140 valence electrons. The summed E-state index contributed by atoms with van der Waals surface area (Å²) in [6.45, 7) is 0. The Balaban J connectivity index is 2.08. The number of fused-ring (bicyclic) bond motifs is 2. The average Bonchev–Trinajstić information content (AvgIpc) is 2.88. The van der Waals surface area contributed by atoms with E-state index in [2.05, 4.69) is 0 Å². The van der Waals surface area contributed by atoms with E-state index in [-0.39, 0.29) is 49.2 Å². The second kappa shape index (κ2) is 8.70. The quantitative estimate of drug-likeness (QED) is 0.206. The van der Waals surface area contributed by atoms with Gasteiger partial charge in [0.25, 0.3) is 0 Å². The van der Waals surface area contributed by atoms with Gasteiger partial charge in [-0.15, -0.1) is 21.9 Å². The monoisotopic (exact) mass is 420 g/mol. The zero-order valence-corrected chi connectivity index (χ0v) is 18.9. The van der Waals surface area contributed by atoms with Crippen molar-refractivity contribution in [1.82, 2.24) is 0 Å². The molecule has 0 saturated heterocycles. The standard InChI is InChI=1S/C26H9B9/c27-18-16-14(19(28)23(32)25(34)21(16)30)13(15-17(18)22(31)26(35)24(33)20(15)29)12-8-4-7-11(9-12)10-5-2-1-3-6-10/h1-9H. The van der Waals surface area contributed by atoms with E-state index in [4.69, 9.17) is 70.6 Å². The minimum Gasteiger partial charge on any atom is -0.110 e. The van der Waals surface area contributed by atoms with Gasteiger partial charge >= 0.3 is 0 Å². The topological polar surface area (TPSA) is 0 Å². The predicted molar refractivity (Wildman–Crippen MR) is 161 cm³/mol. The van der Waals surface area contributed by atoms with Crippen LogP contribution in [0.5, 0.6) is 0 Å². The number of hydrogen-bond donors (Lipinski definition) is 0. The molecule has 9 heteroatoms. The summed E-state index contributed by atoms with van der Waals surface area (Å²) in [5, 5.41) is 1.88. The van der Waals surface area contributed by atoms with E-state index in [9.17, 15) is 0 Å². The first-order valence-electron chi connectivity index (χ1n) is 10.8. The molecule has 0 aliphatic rings. The van der Waals surface area contributed by atoms with Crippen LogP contribution in [0.15, 0.2) is 54.6 Å². The Labute approximate surface area is 217 Å². The summed E-state index contributed by atoms with van der Waals surface area (Å²) >= 11 is 0. The maximum atomic E-state index is 6.64. The highest BCUT2D eigenvalue weighted by atomic mass is 14.2. The van der Waals surface area contributed by atoms with Gasteiger partial charge in [-0.2, -0.15) is 0 Å². The highest BCUT2D eigenvalue weighted by Crippen LogP contribution is 2.34. The maximum Gasteiger partial charge on any atom is 0.115 e. The summed E-state index contributed by atoms with van der Waals surface area (Å²) in [6, 6.07) is 17.8. The molecule has 0 nitrogen and oxygen atoms in total. The Morgan fingerprint density at radius 1 is 0.314 bits per heavy atom. The van der Waals surface area contributed by atoms with Crippen molar-refractivity contribution in [2.24, 2.45) is 0 Å². The normalized spacial score (nSPS) is 11.3. The van der Waals surface area contributed by atoms with Crippen LogP contribution >= 0.6 is 0 Å². The Bertz CT molecular complexity index is 1590. The lowest BCUT2D eigenvalue weighted by molar-refractivity contribution is 1.62. The van der Waals surface area contributed by atoms with E-state index >= 15 is 0 Å². The molecule has 0 aliphatic carbocycles. The van der Waals surface area contributed by atoms with E-state index in [0.29, 0.717) is 27.1 Å². The van der Waals surface area contributed by atoms with Gasteiger partial charge in [-0.1, -0.05) is 75.8 Å². The largest absolute Gasteiger partial charge is 0.115 e. The zero-order valence-electron chi connectivity index (χ0n) is 18.9. The molecule has 0 atom stereocenters. The molecule has 0 spiro atoms. The predicted octanol–water partition coefficient (Wildman–Crippen LogP) is -3.53. The van der Waals surface area contributed by atoms with Gasteiger partial charge < -0.3 is 0 Å². The third kappa shape index (κ3) is 3.50. The Kier molecular flexibility index (Phi) is 5.95. The Morgan fingerprint density at radius 3 is 1.20 bits per heavy atom. The molecular weight excluding hydrogens is 410 g/mol. The molecule has 0 unspecified atom stereocenters. The number of rotatable bonds is 2. The van der Waals surface area contributed by atoms with Gasteiger partial charge in [0.05, 0.1) is 0 Å². The van der Waals surface area contributed by atoms with E-state index in [1.807, 2.05) is 54.6 Å². The summed E-state index contributed by atoms with van der Waals surface area (Å²) < 4.78 is 0. The molecule has 0 aliphatic heterocycles. The second-order valence-corrected chi connectivity index (χ2v) is 8.54. The van der Waals surface area contributed by atoms with Crippen LogP contribution in [0.2, 0.25) is 0 Å². The van der Waals surface area contributed by atoms with Crippen molar-refractivity contribution in [2.75, 3.05) is 0 Å². The Morgan fingerprint density at radius 2 is 0.714 bits per heavy atom. The molecular formula is C26H9B9. The lowest BCUT2D eigenvalue weighted by Crippen LogP contribution is -2.51. The third-order valence-corrected chi connectivity index (χ3v) is 6.62. The second-order valence-electron chi connectivity index (χ2n) is 8.54. The first-order chi connectivity index (χ1) is 16.6. The van der Waals surface area contributed by atoms with E-state index < -0.39 is 0 Å². The van der Waals surface area contributed by atoms with Crippen molar-refractivity contribution in [1.29, 1.82) is 0 Å². The van der Waals surface area contributed by atoms with Crippen LogP contribution in [0.25, 0.3) is 43.8 Å². The summed E-state index contributed by atoms with van der Waals surface area (Å²) in [7, 11) is 57.5. The van der Waals surface area contributed by atoms with Crippen LogP contribution in [0.1, 0.15) is 0 Å². The molecule has 5 rings (SSSR count). The Hall–Kier alpha value is -2.80. The molecule has 5 aromatic rings. The molecule has 18 radical (unpaired) electrons. The molecule has 0 heterocycles. The lowest BCUT2D eigenvalue weighted by Gasteiger charge is -2.27. The van der Waals surface area contributed by atoms with Crippen LogP contribution < -0.4 is 49.2 Å². The molecule has 0 saturated carbocycles. The molecule has 0 bridgehead atoms. The van der Waals surface area contributed by atoms with E-state index in [1.54, 1.807) is 0 Å². The molecule has 0 N–H and O–H groups in total. The van der Waals surface area contributed by atoms with Crippen LogP contribution in [-0.2, 0) is 0 Å². The van der Waals surface area contributed by atoms with Gasteiger partial charge in [-0.05, 0) is 49.9 Å². The summed E-state index contributed by atoms with van der Waals surface area (Å²) in [6.07, 6.45) is 0. The van der Waals surface area contributed by atoms with Gasteiger partial charge in [0.2, 0.25) is 0 Å². The summed E-state index contributed by atoms with van der Waals surface area (Å²) in [5.41, 5.74) is 5.11. The molecule has 5 aromatic carbocycles. The first-order valence-corrected chi connectivity index (χ1v) is 10.8. The third-order valence-electron chi connectivity index (χ3n) is 6.62. The van der Waals surface area contributed by atoms with Crippen molar-refractivity contribution in [3.63, 3.8) is 0 Å². The van der Waals surface area contributed by atoms with Crippen molar-refractivity contribution < 1.29 is 0 Å². The average molecular weight is 419 g/mol. The van der Waals surface area contributed by atoms with Crippen molar-refractivity contribution in [3.8, 4) is 22.3 Å². The van der Waals surface area contributed by atoms with Gasteiger partial charge in [0.15, 0.2) is 0 Å². The molecule has 0 fully saturated rings. The highest BCUT2D eigenvalue weighted by Gasteiger charge is 2.21. The fourth-order valence-corrected chi connectivity index (χ4v) is 4.76. The molecule has 35 heavy (non-hydrogen) atoms. The molecule has 0 aromatic heterocycles. The molecule has 0 amide bonds. The van der Waals surface area contributed by atoms with Crippen molar-refractivity contribution in [2.45, 2.75) is 0 Å². The van der Waals surface area contributed by atoms with Crippen LogP contribution in [-0.4, -0.2) is 70.6 Å². The summed E-state index contributed by atoms with van der Waals surface area (Å²) in [4.78, 5) is 0. The van der Waals surface area contributed by atoms with E-state index in [0.717, 1.165) is 16.7 Å². The fourth-order valence-electron chi connectivity index (χ4n) is 4.76. The van der Waals surface area contributed by atoms with Crippen LogP contribution in [0.3, 0.4) is 0 Å². The maximum absolute atomic E-state index is 6.64. The van der Waals surface area contributed by atoms with Gasteiger partial charge in [0, 0.05) is 0 Å². The smallest absolute Gasteiger partial charge is 0.110 e.